The number of aliphatic hydroxyl groups excluding tert-OH is 1. The molecule has 0 saturated carbocycles. The summed E-state index contributed by atoms with van der Waals surface area (Å²) < 4.78 is 0.481. The summed E-state index contributed by atoms with van der Waals surface area (Å²) in [6, 6.07) is 5.04. The van der Waals surface area contributed by atoms with Gasteiger partial charge in [0.25, 0.3) is 5.69 Å². The van der Waals surface area contributed by atoms with Crippen LogP contribution in [0.4, 0.5) is 5.69 Å². The number of nitrogens with one attached hydrogen (secondary N) is 1. The Morgan fingerprint density at radius 3 is 2.88 bits per heavy atom. The first-order chi connectivity index (χ1) is 8.04. The molecule has 1 aromatic rings. The highest BCUT2D eigenvalue weighted by molar-refractivity contribution is 9.10. The van der Waals surface area contributed by atoms with Crippen molar-refractivity contribution in [3.05, 3.63) is 38.3 Å². The topological polar surface area (TPSA) is 75.4 Å². The van der Waals surface area contributed by atoms with Gasteiger partial charge in [0.2, 0.25) is 0 Å². The van der Waals surface area contributed by atoms with Crippen molar-refractivity contribution >= 4 is 21.6 Å². The minimum absolute atomic E-state index is 0.0690. The van der Waals surface area contributed by atoms with Gasteiger partial charge in [-0.15, -0.1) is 0 Å². The fraction of sp³-hybridized carbons (Fsp3) is 0.455. The van der Waals surface area contributed by atoms with Crippen LogP contribution in [0.3, 0.4) is 0 Å². The molecule has 17 heavy (non-hydrogen) atoms. The van der Waals surface area contributed by atoms with E-state index >= 15 is 0 Å². The summed E-state index contributed by atoms with van der Waals surface area (Å²) in [6.07, 6.45) is 0. The third-order valence-electron chi connectivity index (χ3n) is 2.34. The van der Waals surface area contributed by atoms with Crippen LogP contribution in [0, 0.1) is 16.0 Å². The van der Waals surface area contributed by atoms with Gasteiger partial charge in [0, 0.05) is 25.8 Å². The van der Waals surface area contributed by atoms with Crippen LogP contribution in [-0.2, 0) is 6.54 Å². The molecule has 94 valence electrons. The number of benzene rings is 1. The number of nitro groups is 1. The molecule has 5 nitrogen and oxygen atoms in total. The lowest BCUT2D eigenvalue weighted by Gasteiger charge is -2.09. The number of nitro benzene ring substituents is 1. The van der Waals surface area contributed by atoms with E-state index in [1.54, 1.807) is 12.1 Å². The van der Waals surface area contributed by atoms with E-state index in [1.807, 2.05) is 13.0 Å². The predicted molar refractivity (Wildman–Crippen MR) is 68.8 cm³/mol. The highest BCUT2D eigenvalue weighted by atomic mass is 79.9. The maximum atomic E-state index is 10.7. The highest BCUT2D eigenvalue weighted by Gasteiger charge is 2.12. The zero-order valence-corrected chi connectivity index (χ0v) is 11.1. The standard InChI is InChI=1S/C11H15BrN2O3/c1-8(7-15)5-13-6-9-2-3-10(12)11(4-9)14(16)17/h2-4,8,13,15H,5-7H2,1H3. The smallest absolute Gasteiger partial charge is 0.283 e. The van der Waals surface area contributed by atoms with Crippen LogP contribution in [0.1, 0.15) is 12.5 Å². The summed E-state index contributed by atoms with van der Waals surface area (Å²) in [7, 11) is 0. The molecule has 0 saturated heterocycles. The molecule has 0 aliphatic heterocycles. The van der Waals surface area contributed by atoms with Gasteiger partial charge in [-0.1, -0.05) is 13.0 Å². The van der Waals surface area contributed by atoms with Crippen molar-refractivity contribution in [2.75, 3.05) is 13.2 Å². The van der Waals surface area contributed by atoms with Crippen LogP contribution in [0.2, 0.25) is 0 Å². The number of hydrogen-bond donors (Lipinski definition) is 2. The Balaban J connectivity index is 2.60. The van der Waals surface area contributed by atoms with E-state index in [-0.39, 0.29) is 18.2 Å². The fourth-order valence-electron chi connectivity index (χ4n) is 1.34. The van der Waals surface area contributed by atoms with Gasteiger partial charge in [0.05, 0.1) is 9.40 Å². The van der Waals surface area contributed by atoms with Crippen molar-refractivity contribution in [2.45, 2.75) is 13.5 Å². The zero-order valence-electron chi connectivity index (χ0n) is 9.52. The summed E-state index contributed by atoms with van der Waals surface area (Å²) >= 11 is 3.14. The summed E-state index contributed by atoms with van der Waals surface area (Å²) in [4.78, 5) is 10.3. The normalized spacial score (nSPS) is 12.4. The lowest BCUT2D eigenvalue weighted by atomic mass is 10.1. The average Bonchev–Trinajstić information content (AvgIpc) is 2.30. The lowest BCUT2D eigenvalue weighted by molar-refractivity contribution is -0.385. The molecule has 0 aliphatic carbocycles. The van der Waals surface area contributed by atoms with E-state index in [4.69, 9.17) is 5.11 Å². The van der Waals surface area contributed by atoms with Crippen molar-refractivity contribution < 1.29 is 10.0 Å². The third kappa shape index (κ3) is 4.41. The van der Waals surface area contributed by atoms with Crippen LogP contribution in [0.25, 0.3) is 0 Å². The Morgan fingerprint density at radius 2 is 2.29 bits per heavy atom. The first-order valence-electron chi connectivity index (χ1n) is 5.29. The Kier molecular flexibility index (Phi) is 5.54. The molecule has 0 aliphatic rings. The monoisotopic (exact) mass is 302 g/mol. The number of nitrogens with zero attached hydrogens (tertiary/aromatic N) is 1. The number of aliphatic hydroxyl groups is 1. The average molecular weight is 303 g/mol. The predicted octanol–water partition coefficient (Wildman–Crippen LogP) is 2.08. The van der Waals surface area contributed by atoms with Gasteiger partial charge >= 0.3 is 0 Å². The van der Waals surface area contributed by atoms with E-state index in [0.717, 1.165) is 5.56 Å². The largest absolute Gasteiger partial charge is 0.396 e. The second-order valence-corrected chi connectivity index (χ2v) is 4.82. The summed E-state index contributed by atoms with van der Waals surface area (Å²) in [5.74, 6) is 0.181. The van der Waals surface area contributed by atoms with E-state index in [0.29, 0.717) is 17.6 Å². The Morgan fingerprint density at radius 1 is 1.59 bits per heavy atom. The first kappa shape index (κ1) is 14.1. The van der Waals surface area contributed by atoms with Gasteiger partial charge in [0.1, 0.15) is 0 Å². The Hall–Kier alpha value is -0.980. The Bertz CT molecular complexity index is 398. The quantitative estimate of drug-likeness (QED) is 0.623. The van der Waals surface area contributed by atoms with Crippen molar-refractivity contribution in [3.63, 3.8) is 0 Å². The van der Waals surface area contributed by atoms with Crippen molar-refractivity contribution in [2.24, 2.45) is 5.92 Å². The number of rotatable bonds is 6. The molecule has 0 radical (unpaired) electrons. The molecule has 0 bridgehead atoms. The van der Waals surface area contributed by atoms with Crippen molar-refractivity contribution in [1.29, 1.82) is 0 Å². The molecule has 0 heterocycles. The van der Waals surface area contributed by atoms with Gasteiger partial charge in [-0.05, 0) is 33.5 Å². The van der Waals surface area contributed by atoms with Gasteiger partial charge < -0.3 is 10.4 Å². The molecular formula is C11H15BrN2O3. The molecule has 2 N–H and O–H groups in total. The highest BCUT2D eigenvalue weighted by Crippen LogP contribution is 2.25. The molecular weight excluding hydrogens is 288 g/mol. The molecule has 0 spiro atoms. The van der Waals surface area contributed by atoms with Crippen LogP contribution < -0.4 is 5.32 Å². The molecule has 0 aromatic heterocycles. The van der Waals surface area contributed by atoms with Crippen LogP contribution in [0.15, 0.2) is 22.7 Å². The first-order valence-corrected chi connectivity index (χ1v) is 6.08. The van der Waals surface area contributed by atoms with E-state index in [2.05, 4.69) is 21.2 Å². The van der Waals surface area contributed by atoms with E-state index in [9.17, 15) is 10.1 Å². The molecule has 1 aromatic carbocycles. The molecule has 1 atom stereocenters. The van der Waals surface area contributed by atoms with Gasteiger partial charge in [0.15, 0.2) is 0 Å². The fourth-order valence-corrected chi connectivity index (χ4v) is 1.73. The van der Waals surface area contributed by atoms with Crippen LogP contribution in [-0.4, -0.2) is 23.2 Å². The number of hydrogen-bond acceptors (Lipinski definition) is 4. The summed E-state index contributed by atoms with van der Waals surface area (Å²) in [5, 5.41) is 22.7. The Labute approximate surface area is 108 Å². The van der Waals surface area contributed by atoms with Gasteiger partial charge in [-0.25, -0.2) is 0 Å². The molecule has 0 fully saturated rings. The van der Waals surface area contributed by atoms with Crippen molar-refractivity contribution in [1.82, 2.24) is 5.32 Å². The lowest BCUT2D eigenvalue weighted by Crippen LogP contribution is -2.22. The third-order valence-corrected chi connectivity index (χ3v) is 3.01. The molecule has 1 rings (SSSR count). The van der Waals surface area contributed by atoms with Crippen LogP contribution >= 0.6 is 15.9 Å². The van der Waals surface area contributed by atoms with E-state index in [1.165, 1.54) is 0 Å². The second-order valence-electron chi connectivity index (χ2n) is 3.96. The second kappa shape index (κ2) is 6.68. The molecule has 6 heteroatoms. The summed E-state index contributed by atoms with van der Waals surface area (Å²) in [6.45, 7) is 3.29. The minimum Gasteiger partial charge on any atom is -0.396 e. The van der Waals surface area contributed by atoms with Crippen LogP contribution in [0.5, 0.6) is 0 Å². The maximum absolute atomic E-state index is 10.7. The summed E-state index contributed by atoms with van der Waals surface area (Å²) in [5.41, 5.74) is 0.921. The van der Waals surface area contributed by atoms with E-state index < -0.39 is 4.92 Å². The van der Waals surface area contributed by atoms with Gasteiger partial charge in [-0.2, -0.15) is 0 Å². The molecule has 1 unspecified atom stereocenters. The van der Waals surface area contributed by atoms with Crippen molar-refractivity contribution in [3.8, 4) is 0 Å². The number of halogens is 1. The molecule has 0 amide bonds. The minimum atomic E-state index is -0.413. The SMILES string of the molecule is CC(CO)CNCc1ccc(Br)c([N+](=O)[O-])c1. The zero-order chi connectivity index (χ0) is 12.8. The van der Waals surface area contributed by atoms with Gasteiger partial charge in [-0.3, -0.25) is 10.1 Å². The maximum Gasteiger partial charge on any atom is 0.283 e.